The Morgan fingerprint density at radius 2 is 2.06 bits per heavy atom. The third-order valence-electron chi connectivity index (χ3n) is 5.22. The molecule has 0 radical (unpaired) electrons. The summed E-state index contributed by atoms with van der Waals surface area (Å²) < 4.78 is 0. The van der Waals surface area contributed by atoms with Gasteiger partial charge in [0.05, 0.1) is 0 Å². The first kappa shape index (κ1) is 11.3. The fourth-order valence-electron chi connectivity index (χ4n) is 3.71. The molecule has 1 nitrogen and oxygen atoms in total. The molecule has 0 amide bonds. The number of benzene rings is 1. The van der Waals surface area contributed by atoms with E-state index in [1.165, 1.54) is 56.2 Å². The van der Waals surface area contributed by atoms with Gasteiger partial charge < -0.3 is 5.32 Å². The van der Waals surface area contributed by atoms with Crippen molar-refractivity contribution in [2.45, 2.75) is 44.6 Å². The minimum absolute atomic E-state index is 0.577. The van der Waals surface area contributed by atoms with Crippen LogP contribution >= 0.6 is 11.6 Å². The molecular formula is C16H20ClN. The lowest BCUT2D eigenvalue weighted by Crippen LogP contribution is -2.28. The van der Waals surface area contributed by atoms with Gasteiger partial charge in [-0.3, -0.25) is 0 Å². The number of rotatable bonds is 4. The molecule has 96 valence electrons. The Morgan fingerprint density at radius 1 is 1.22 bits per heavy atom. The molecule has 1 aromatic carbocycles. The fourth-order valence-corrected chi connectivity index (χ4v) is 3.90. The predicted molar refractivity (Wildman–Crippen MR) is 74.9 cm³/mol. The normalized spacial score (nSPS) is 28.2. The van der Waals surface area contributed by atoms with Crippen molar-refractivity contribution in [3.8, 4) is 0 Å². The van der Waals surface area contributed by atoms with Gasteiger partial charge in [-0.15, -0.1) is 0 Å². The first-order valence-electron chi connectivity index (χ1n) is 7.29. The van der Waals surface area contributed by atoms with E-state index in [0.29, 0.717) is 11.5 Å². The van der Waals surface area contributed by atoms with E-state index >= 15 is 0 Å². The molecule has 2 heteroatoms. The summed E-state index contributed by atoms with van der Waals surface area (Å²) in [4.78, 5) is 0. The maximum atomic E-state index is 6.06. The molecule has 1 unspecified atom stereocenters. The van der Waals surface area contributed by atoms with Gasteiger partial charge in [-0.1, -0.05) is 17.7 Å². The predicted octanol–water partition coefficient (Wildman–Crippen LogP) is 4.11. The van der Waals surface area contributed by atoms with Gasteiger partial charge >= 0.3 is 0 Å². The van der Waals surface area contributed by atoms with E-state index in [2.05, 4.69) is 17.4 Å². The summed E-state index contributed by atoms with van der Waals surface area (Å²) in [5.41, 5.74) is 3.65. The quantitative estimate of drug-likeness (QED) is 0.860. The number of fused-ring (bicyclic) bond motifs is 1. The largest absolute Gasteiger partial charge is 0.309 e. The summed E-state index contributed by atoms with van der Waals surface area (Å²) in [6.45, 7) is 1.24. The zero-order chi connectivity index (χ0) is 12.2. The number of hydrogen-bond acceptors (Lipinski definition) is 1. The highest BCUT2D eigenvalue weighted by Gasteiger charge is 2.53. The molecule has 3 aliphatic rings. The summed E-state index contributed by atoms with van der Waals surface area (Å²) in [6.07, 6.45) is 8.33. The molecular weight excluding hydrogens is 242 g/mol. The van der Waals surface area contributed by atoms with Crippen LogP contribution in [0.4, 0.5) is 0 Å². The average molecular weight is 262 g/mol. The Kier molecular flexibility index (Phi) is 2.50. The van der Waals surface area contributed by atoms with E-state index in [0.717, 1.165) is 10.9 Å². The maximum absolute atomic E-state index is 6.06. The average Bonchev–Trinajstić information content (AvgIpc) is 3.24. The highest BCUT2D eigenvalue weighted by molar-refractivity contribution is 6.30. The van der Waals surface area contributed by atoms with E-state index in [4.69, 9.17) is 11.6 Å². The molecule has 2 fully saturated rings. The minimum atomic E-state index is 0.577. The smallest absolute Gasteiger partial charge is 0.0408 e. The maximum Gasteiger partial charge on any atom is 0.0408 e. The van der Waals surface area contributed by atoms with Crippen molar-refractivity contribution < 1.29 is 0 Å². The van der Waals surface area contributed by atoms with Gasteiger partial charge in [0.15, 0.2) is 0 Å². The van der Waals surface area contributed by atoms with Crippen molar-refractivity contribution >= 4 is 11.6 Å². The molecule has 3 aliphatic carbocycles. The molecule has 2 saturated carbocycles. The Labute approximate surface area is 114 Å². The second kappa shape index (κ2) is 3.98. The van der Waals surface area contributed by atoms with Crippen LogP contribution in [0.15, 0.2) is 18.2 Å². The SMILES string of the molecule is Clc1ccc2c(c1)CCC2NCC1(C2CC2)CC1. The van der Waals surface area contributed by atoms with E-state index in [1.807, 2.05) is 6.07 Å². The van der Waals surface area contributed by atoms with Crippen LogP contribution in [0.1, 0.15) is 49.3 Å². The molecule has 1 atom stereocenters. The Balaban J connectivity index is 1.45. The second-order valence-electron chi connectivity index (χ2n) is 6.45. The van der Waals surface area contributed by atoms with E-state index in [9.17, 15) is 0 Å². The number of hydrogen-bond donors (Lipinski definition) is 1. The molecule has 4 rings (SSSR count). The van der Waals surface area contributed by atoms with Crippen molar-refractivity contribution in [2.75, 3.05) is 6.54 Å². The molecule has 0 spiro atoms. The summed E-state index contributed by atoms with van der Waals surface area (Å²) in [7, 11) is 0. The first-order valence-corrected chi connectivity index (χ1v) is 7.66. The topological polar surface area (TPSA) is 12.0 Å². The molecule has 0 saturated heterocycles. The van der Waals surface area contributed by atoms with E-state index in [1.54, 1.807) is 0 Å². The third-order valence-corrected chi connectivity index (χ3v) is 5.45. The minimum Gasteiger partial charge on any atom is -0.309 e. The van der Waals surface area contributed by atoms with Crippen LogP contribution in [-0.4, -0.2) is 6.54 Å². The molecule has 0 heterocycles. The van der Waals surface area contributed by atoms with Crippen LogP contribution in [0.5, 0.6) is 0 Å². The summed E-state index contributed by atoms with van der Waals surface area (Å²) in [5.74, 6) is 1.05. The number of nitrogens with one attached hydrogen (secondary N) is 1. The third kappa shape index (κ3) is 1.88. The van der Waals surface area contributed by atoms with Gasteiger partial charge in [0.1, 0.15) is 0 Å². The molecule has 1 aromatic rings. The van der Waals surface area contributed by atoms with Crippen molar-refractivity contribution in [3.05, 3.63) is 34.3 Å². The van der Waals surface area contributed by atoms with Gasteiger partial charge in [0.25, 0.3) is 0 Å². The van der Waals surface area contributed by atoms with Crippen molar-refractivity contribution in [2.24, 2.45) is 11.3 Å². The van der Waals surface area contributed by atoms with Crippen LogP contribution < -0.4 is 5.32 Å². The van der Waals surface area contributed by atoms with Crippen molar-refractivity contribution in [3.63, 3.8) is 0 Å². The van der Waals surface area contributed by atoms with E-state index in [-0.39, 0.29) is 0 Å². The van der Waals surface area contributed by atoms with Gasteiger partial charge in [0.2, 0.25) is 0 Å². The number of aryl methyl sites for hydroxylation is 1. The summed E-state index contributed by atoms with van der Waals surface area (Å²) in [6, 6.07) is 6.98. The molecule has 0 aliphatic heterocycles. The monoisotopic (exact) mass is 261 g/mol. The van der Waals surface area contributed by atoms with Gasteiger partial charge in [-0.05, 0) is 73.1 Å². The highest BCUT2D eigenvalue weighted by Crippen LogP contribution is 2.61. The summed E-state index contributed by atoms with van der Waals surface area (Å²) >= 11 is 6.06. The van der Waals surface area contributed by atoms with Crippen LogP contribution in [0.3, 0.4) is 0 Å². The zero-order valence-electron chi connectivity index (χ0n) is 10.7. The molecule has 1 N–H and O–H groups in total. The highest BCUT2D eigenvalue weighted by atomic mass is 35.5. The van der Waals surface area contributed by atoms with Crippen LogP contribution in [-0.2, 0) is 6.42 Å². The van der Waals surface area contributed by atoms with Crippen molar-refractivity contribution in [1.29, 1.82) is 0 Å². The van der Waals surface area contributed by atoms with Crippen LogP contribution in [0.2, 0.25) is 5.02 Å². The second-order valence-corrected chi connectivity index (χ2v) is 6.89. The van der Waals surface area contributed by atoms with E-state index < -0.39 is 0 Å². The Bertz CT molecular complexity index is 474. The molecule has 18 heavy (non-hydrogen) atoms. The Morgan fingerprint density at radius 3 is 2.78 bits per heavy atom. The standard InChI is InChI=1S/C16H20ClN/c17-13-4-5-14-11(9-13)1-6-15(14)18-10-16(7-8-16)12-2-3-12/h4-5,9,12,15,18H,1-3,6-8,10H2. The number of halogens is 1. The lowest BCUT2D eigenvalue weighted by atomic mass is 9.99. The lowest BCUT2D eigenvalue weighted by Gasteiger charge is -2.20. The first-order chi connectivity index (χ1) is 8.77. The van der Waals surface area contributed by atoms with Gasteiger partial charge in [0, 0.05) is 17.6 Å². The van der Waals surface area contributed by atoms with Crippen molar-refractivity contribution in [1.82, 2.24) is 5.32 Å². The summed E-state index contributed by atoms with van der Waals surface area (Å²) in [5, 5.41) is 4.72. The van der Waals surface area contributed by atoms with Gasteiger partial charge in [-0.2, -0.15) is 0 Å². The lowest BCUT2D eigenvalue weighted by molar-refractivity contribution is 0.373. The van der Waals surface area contributed by atoms with Gasteiger partial charge in [-0.25, -0.2) is 0 Å². The van der Waals surface area contributed by atoms with Crippen LogP contribution in [0, 0.1) is 11.3 Å². The Hall–Kier alpha value is -0.530. The van der Waals surface area contributed by atoms with Crippen LogP contribution in [0.25, 0.3) is 0 Å². The zero-order valence-corrected chi connectivity index (χ0v) is 11.5. The molecule has 0 aromatic heterocycles. The molecule has 0 bridgehead atoms. The fraction of sp³-hybridized carbons (Fsp3) is 0.625.